The molecule has 2 amide bonds. The van der Waals surface area contributed by atoms with E-state index in [9.17, 15) is 9.59 Å². The lowest BCUT2D eigenvalue weighted by Crippen LogP contribution is -2.38. The summed E-state index contributed by atoms with van der Waals surface area (Å²) < 4.78 is 0. The molecule has 6 unspecified atom stereocenters. The number of rotatable bonds is 5. The van der Waals surface area contributed by atoms with Crippen molar-refractivity contribution >= 4 is 22.8 Å². The minimum absolute atomic E-state index is 0.000139. The first-order valence-electron chi connectivity index (χ1n) is 13.3. The van der Waals surface area contributed by atoms with Crippen LogP contribution in [0.15, 0.2) is 42.5 Å². The standard InChI is InChI=1S/C29H32N4O2/c34-28(32-24-13-16-1-3-20(24)11-16)19-7-5-18(6-8-19)27-30-23-10-9-22(15-26(23)31-27)29(35)33-25-14-17-2-4-21(25)12-17/h5-10,15-17,20-21,24-25H,1-4,11-14H2,(H,30,31)(H,32,34)(H,33,35). The molecule has 4 bridgehead atoms. The highest BCUT2D eigenvalue weighted by Crippen LogP contribution is 2.45. The van der Waals surface area contributed by atoms with Crippen LogP contribution in [0.5, 0.6) is 0 Å². The van der Waals surface area contributed by atoms with Gasteiger partial charge in [0, 0.05) is 28.8 Å². The largest absolute Gasteiger partial charge is 0.349 e. The van der Waals surface area contributed by atoms with Crippen LogP contribution in [0.25, 0.3) is 22.4 Å². The van der Waals surface area contributed by atoms with Crippen LogP contribution in [0.2, 0.25) is 0 Å². The van der Waals surface area contributed by atoms with Crippen molar-refractivity contribution in [3.05, 3.63) is 53.6 Å². The molecular formula is C29H32N4O2. The second-order valence-electron chi connectivity index (χ2n) is 11.4. The molecule has 7 rings (SSSR count). The lowest BCUT2D eigenvalue weighted by Gasteiger charge is -2.22. The summed E-state index contributed by atoms with van der Waals surface area (Å²) in [4.78, 5) is 33.7. The lowest BCUT2D eigenvalue weighted by molar-refractivity contribution is 0.0914. The number of aromatic amines is 1. The Labute approximate surface area is 205 Å². The van der Waals surface area contributed by atoms with E-state index in [0.29, 0.717) is 35.0 Å². The summed E-state index contributed by atoms with van der Waals surface area (Å²) in [6.07, 6.45) is 9.97. The molecule has 6 heteroatoms. The predicted octanol–water partition coefficient (Wildman–Crippen LogP) is 5.07. The number of fused-ring (bicyclic) bond motifs is 5. The van der Waals surface area contributed by atoms with E-state index in [1.165, 1.54) is 38.5 Å². The first-order chi connectivity index (χ1) is 17.1. The van der Waals surface area contributed by atoms with E-state index in [4.69, 9.17) is 4.98 Å². The Hall–Kier alpha value is -3.15. The Kier molecular flexibility index (Phi) is 4.97. The molecule has 35 heavy (non-hydrogen) atoms. The zero-order chi connectivity index (χ0) is 23.5. The van der Waals surface area contributed by atoms with Crippen molar-refractivity contribution in [3.63, 3.8) is 0 Å². The number of nitrogens with one attached hydrogen (secondary N) is 3. The van der Waals surface area contributed by atoms with E-state index in [-0.39, 0.29) is 11.8 Å². The third-order valence-electron chi connectivity index (χ3n) is 9.27. The van der Waals surface area contributed by atoms with Gasteiger partial charge in [-0.25, -0.2) is 4.98 Å². The molecule has 0 aliphatic heterocycles. The average molecular weight is 469 g/mol. The van der Waals surface area contributed by atoms with E-state index < -0.39 is 0 Å². The number of nitrogens with zero attached hydrogens (tertiary/aromatic N) is 1. The first-order valence-corrected chi connectivity index (χ1v) is 13.3. The molecule has 4 fully saturated rings. The summed E-state index contributed by atoms with van der Waals surface area (Å²) in [5.74, 6) is 3.69. The summed E-state index contributed by atoms with van der Waals surface area (Å²) in [6, 6.07) is 14.0. The van der Waals surface area contributed by atoms with Crippen molar-refractivity contribution in [3.8, 4) is 11.4 Å². The van der Waals surface area contributed by atoms with Gasteiger partial charge in [0.25, 0.3) is 11.8 Å². The van der Waals surface area contributed by atoms with E-state index in [1.807, 2.05) is 42.5 Å². The Morgan fingerprint density at radius 3 is 1.91 bits per heavy atom. The van der Waals surface area contributed by atoms with E-state index >= 15 is 0 Å². The van der Waals surface area contributed by atoms with Crippen molar-refractivity contribution in [2.24, 2.45) is 23.7 Å². The highest BCUT2D eigenvalue weighted by atomic mass is 16.2. The zero-order valence-corrected chi connectivity index (χ0v) is 19.9. The number of hydrogen-bond donors (Lipinski definition) is 3. The Balaban J connectivity index is 1.04. The zero-order valence-electron chi connectivity index (χ0n) is 19.9. The quantitative estimate of drug-likeness (QED) is 0.489. The van der Waals surface area contributed by atoms with Gasteiger partial charge in [0.05, 0.1) is 11.0 Å². The predicted molar refractivity (Wildman–Crippen MR) is 135 cm³/mol. The van der Waals surface area contributed by atoms with Crippen LogP contribution >= 0.6 is 0 Å². The number of imidazole rings is 1. The molecular weight excluding hydrogens is 436 g/mol. The topological polar surface area (TPSA) is 86.9 Å². The minimum atomic E-state index is -0.000139. The van der Waals surface area contributed by atoms with Crippen LogP contribution in [0, 0.1) is 23.7 Å². The smallest absolute Gasteiger partial charge is 0.251 e. The second-order valence-corrected chi connectivity index (χ2v) is 11.4. The normalized spacial score (nSPS) is 30.7. The number of benzene rings is 2. The maximum atomic E-state index is 12.9. The molecule has 0 spiro atoms. The number of H-pyrrole nitrogens is 1. The highest BCUT2D eigenvalue weighted by Gasteiger charge is 2.41. The van der Waals surface area contributed by atoms with Gasteiger partial charge in [0.1, 0.15) is 5.82 Å². The van der Waals surface area contributed by atoms with Gasteiger partial charge in [0.2, 0.25) is 0 Å². The van der Waals surface area contributed by atoms with Crippen molar-refractivity contribution < 1.29 is 9.59 Å². The molecule has 180 valence electrons. The fraction of sp³-hybridized carbons (Fsp3) is 0.483. The summed E-state index contributed by atoms with van der Waals surface area (Å²) in [7, 11) is 0. The molecule has 0 radical (unpaired) electrons. The van der Waals surface area contributed by atoms with E-state index in [2.05, 4.69) is 15.6 Å². The van der Waals surface area contributed by atoms with Crippen molar-refractivity contribution in [1.29, 1.82) is 0 Å². The van der Waals surface area contributed by atoms with Crippen LogP contribution in [-0.2, 0) is 0 Å². The van der Waals surface area contributed by atoms with Gasteiger partial charge < -0.3 is 15.6 Å². The van der Waals surface area contributed by atoms with Crippen LogP contribution in [-0.4, -0.2) is 33.9 Å². The maximum Gasteiger partial charge on any atom is 0.251 e. The molecule has 4 aliphatic carbocycles. The third-order valence-corrected chi connectivity index (χ3v) is 9.27. The Bertz CT molecular complexity index is 1300. The highest BCUT2D eigenvalue weighted by molar-refractivity contribution is 5.98. The van der Waals surface area contributed by atoms with Gasteiger partial charge in [-0.1, -0.05) is 25.0 Å². The second kappa shape index (κ2) is 8.21. The molecule has 0 saturated heterocycles. The fourth-order valence-electron chi connectivity index (χ4n) is 7.41. The SMILES string of the molecule is O=C(NC1CC2CCC1C2)c1ccc(-c2nc3cc(C(=O)NC4CC5CCC4C5)ccc3[nH]2)cc1. The summed E-state index contributed by atoms with van der Waals surface area (Å²) in [5.41, 5.74) is 3.94. The van der Waals surface area contributed by atoms with Crippen LogP contribution in [0.1, 0.15) is 72.1 Å². The van der Waals surface area contributed by atoms with Crippen molar-refractivity contribution in [2.45, 2.75) is 63.5 Å². The molecule has 1 heterocycles. The molecule has 6 atom stereocenters. The molecule has 3 N–H and O–H groups in total. The average Bonchev–Trinajstić information content (AvgIpc) is 3.70. The number of hydrogen-bond acceptors (Lipinski definition) is 3. The van der Waals surface area contributed by atoms with Gasteiger partial charge in [-0.2, -0.15) is 0 Å². The maximum absolute atomic E-state index is 12.9. The van der Waals surface area contributed by atoms with Gasteiger partial charge in [-0.05, 0) is 92.5 Å². The molecule has 4 aliphatic rings. The fourth-order valence-corrected chi connectivity index (χ4v) is 7.41. The van der Waals surface area contributed by atoms with Crippen molar-refractivity contribution in [1.82, 2.24) is 20.6 Å². The van der Waals surface area contributed by atoms with E-state index in [1.54, 1.807) is 0 Å². The van der Waals surface area contributed by atoms with Crippen molar-refractivity contribution in [2.75, 3.05) is 0 Å². The minimum Gasteiger partial charge on any atom is -0.349 e. The van der Waals surface area contributed by atoms with Crippen LogP contribution < -0.4 is 10.6 Å². The van der Waals surface area contributed by atoms with Crippen LogP contribution in [0.3, 0.4) is 0 Å². The number of carbonyl (C=O) groups excluding carboxylic acids is 2. The number of aromatic nitrogens is 2. The first kappa shape index (κ1) is 21.2. The monoisotopic (exact) mass is 468 g/mol. The lowest BCUT2D eigenvalue weighted by atomic mass is 9.95. The number of amides is 2. The summed E-state index contributed by atoms with van der Waals surface area (Å²) in [5, 5.41) is 6.52. The summed E-state index contributed by atoms with van der Waals surface area (Å²) >= 11 is 0. The van der Waals surface area contributed by atoms with Gasteiger partial charge in [-0.15, -0.1) is 0 Å². The molecule has 2 aromatic carbocycles. The van der Waals surface area contributed by atoms with E-state index in [0.717, 1.165) is 47.1 Å². The van der Waals surface area contributed by atoms with Crippen LogP contribution in [0.4, 0.5) is 0 Å². The molecule has 1 aromatic heterocycles. The third kappa shape index (κ3) is 3.83. The molecule has 6 nitrogen and oxygen atoms in total. The van der Waals surface area contributed by atoms with Gasteiger partial charge in [0.15, 0.2) is 0 Å². The van der Waals surface area contributed by atoms with Gasteiger partial charge >= 0.3 is 0 Å². The number of carbonyl (C=O) groups is 2. The summed E-state index contributed by atoms with van der Waals surface area (Å²) in [6.45, 7) is 0. The Morgan fingerprint density at radius 1 is 0.743 bits per heavy atom. The Morgan fingerprint density at radius 2 is 1.34 bits per heavy atom. The van der Waals surface area contributed by atoms with Gasteiger partial charge in [-0.3, -0.25) is 9.59 Å². The molecule has 4 saturated carbocycles. The molecule has 3 aromatic rings.